The van der Waals surface area contributed by atoms with Crippen molar-refractivity contribution in [2.24, 2.45) is 0 Å². The Morgan fingerprint density at radius 1 is 0.787 bits per heavy atom. The maximum absolute atomic E-state index is 14.1. The van der Waals surface area contributed by atoms with Gasteiger partial charge in [-0.25, -0.2) is 14.0 Å². The molecule has 61 heavy (non-hydrogen) atoms. The fourth-order valence-electron chi connectivity index (χ4n) is 6.79. The summed E-state index contributed by atoms with van der Waals surface area (Å²) in [5.74, 6) is -4.63. The average Bonchev–Trinajstić information content (AvgIpc) is 3.72. The predicted molar refractivity (Wildman–Crippen MR) is 207 cm³/mol. The minimum absolute atomic E-state index is 0.0740. The predicted octanol–water partition coefficient (Wildman–Crippen LogP) is 5.61. The smallest absolute Gasteiger partial charge is 0.416 e. The fourth-order valence-corrected chi connectivity index (χ4v) is 6.79. The Hall–Kier alpha value is -5.66. The molecule has 1 heterocycles. The Morgan fingerprint density at radius 2 is 1.36 bits per heavy atom. The number of fused-ring (bicyclic) bond motifs is 1. The van der Waals surface area contributed by atoms with Gasteiger partial charge in [-0.2, -0.15) is 31.3 Å². The van der Waals surface area contributed by atoms with Gasteiger partial charge >= 0.3 is 24.3 Å². The molecule has 0 radical (unpaired) electrons. The number of carboxylic acid groups (broad SMARTS) is 2. The molecular weight excluding hydrogens is 821 g/mol. The first-order valence-electron chi connectivity index (χ1n) is 19.2. The number of amides is 1. The molecule has 0 saturated carbocycles. The van der Waals surface area contributed by atoms with Crippen molar-refractivity contribution in [1.29, 1.82) is 0 Å². The number of carbonyl (C=O) groups excluding carboxylic acids is 1. The molecule has 1 amide bonds. The van der Waals surface area contributed by atoms with Gasteiger partial charge in [0.2, 0.25) is 5.91 Å². The number of likely N-dealkylation sites (N-methyl/N-ethyl adjacent to an activating group) is 1. The summed E-state index contributed by atoms with van der Waals surface area (Å²) in [7, 11) is 0. The second kappa shape index (κ2) is 20.7. The average molecular weight is 867 g/mol. The third-order valence-electron chi connectivity index (χ3n) is 10.2. The SMILES string of the molecule is CCN(CC)CCN(Cc1ccc(-c2ccc(C(F)(F)F)cc2)cc1)C(=O)Cn1c(CCc2ccc(F)cc2C(F)(F)F)nc(=O)c2c1CCC2.O=C(O)C(O)C(O)C(=O)O. The van der Waals surface area contributed by atoms with E-state index in [0.717, 1.165) is 42.9 Å². The van der Waals surface area contributed by atoms with E-state index < -0.39 is 59.0 Å². The van der Waals surface area contributed by atoms with Gasteiger partial charge in [0.05, 0.1) is 11.1 Å². The van der Waals surface area contributed by atoms with E-state index in [1.54, 1.807) is 21.6 Å². The Balaban J connectivity index is 0.000000727. The summed E-state index contributed by atoms with van der Waals surface area (Å²) in [5, 5.41) is 32.5. The van der Waals surface area contributed by atoms with Gasteiger partial charge in [0.25, 0.3) is 5.56 Å². The molecule has 0 saturated heterocycles. The van der Waals surface area contributed by atoms with Crippen LogP contribution in [0.3, 0.4) is 0 Å². The van der Waals surface area contributed by atoms with Gasteiger partial charge in [-0.1, -0.05) is 56.3 Å². The second-order valence-electron chi connectivity index (χ2n) is 14.2. The highest BCUT2D eigenvalue weighted by molar-refractivity contribution is 5.83. The van der Waals surface area contributed by atoms with E-state index in [4.69, 9.17) is 20.4 Å². The summed E-state index contributed by atoms with van der Waals surface area (Å²) in [6, 6.07) is 14.6. The number of carboxylic acids is 2. The Bertz CT molecular complexity index is 2190. The second-order valence-corrected chi connectivity index (χ2v) is 14.2. The van der Waals surface area contributed by atoms with E-state index in [9.17, 15) is 49.9 Å². The van der Waals surface area contributed by atoms with Gasteiger partial charge < -0.3 is 34.8 Å². The quantitative estimate of drug-likeness (QED) is 0.104. The van der Waals surface area contributed by atoms with Crippen LogP contribution in [0.5, 0.6) is 0 Å². The maximum Gasteiger partial charge on any atom is 0.416 e. The minimum Gasteiger partial charge on any atom is -0.479 e. The number of carbonyl (C=O) groups is 3. The number of hydrogen-bond donors (Lipinski definition) is 4. The molecule has 3 aromatic carbocycles. The first-order chi connectivity index (χ1) is 28.6. The lowest BCUT2D eigenvalue weighted by Crippen LogP contribution is -2.40. The van der Waals surface area contributed by atoms with Crippen molar-refractivity contribution < 1.29 is 65.5 Å². The molecule has 330 valence electrons. The third-order valence-corrected chi connectivity index (χ3v) is 10.2. The van der Waals surface area contributed by atoms with E-state index in [0.29, 0.717) is 60.8 Å². The summed E-state index contributed by atoms with van der Waals surface area (Å²) in [5.41, 5.74) is 0.829. The van der Waals surface area contributed by atoms with E-state index in [-0.39, 0.29) is 43.2 Å². The van der Waals surface area contributed by atoms with Crippen molar-refractivity contribution in [3.8, 4) is 11.1 Å². The van der Waals surface area contributed by atoms with Gasteiger partial charge in [0, 0.05) is 37.3 Å². The lowest BCUT2D eigenvalue weighted by Gasteiger charge is -2.28. The Labute approximate surface area is 345 Å². The van der Waals surface area contributed by atoms with Crippen LogP contribution in [0.15, 0.2) is 71.5 Å². The zero-order valence-corrected chi connectivity index (χ0v) is 33.1. The van der Waals surface area contributed by atoms with Crippen LogP contribution < -0.4 is 5.56 Å². The molecule has 19 heteroatoms. The number of aryl methyl sites for hydroxylation is 2. The number of benzene rings is 3. The highest BCUT2D eigenvalue weighted by Crippen LogP contribution is 2.34. The van der Waals surface area contributed by atoms with Crippen molar-refractivity contribution in [1.82, 2.24) is 19.4 Å². The van der Waals surface area contributed by atoms with Gasteiger partial charge in [-0.05, 0) is 85.3 Å². The largest absolute Gasteiger partial charge is 0.479 e. The number of nitrogens with zero attached hydrogens (tertiary/aromatic N) is 4. The number of hydrogen-bond acceptors (Lipinski definition) is 8. The number of alkyl halides is 6. The van der Waals surface area contributed by atoms with E-state index >= 15 is 0 Å². The van der Waals surface area contributed by atoms with Crippen molar-refractivity contribution >= 4 is 17.8 Å². The molecule has 1 aromatic heterocycles. The monoisotopic (exact) mass is 866 g/mol. The van der Waals surface area contributed by atoms with E-state index in [2.05, 4.69) is 9.88 Å². The highest BCUT2D eigenvalue weighted by Gasteiger charge is 2.34. The van der Waals surface area contributed by atoms with Gasteiger partial charge in [0.1, 0.15) is 18.2 Å². The number of rotatable bonds is 16. The van der Waals surface area contributed by atoms with Crippen LogP contribution in [0.2, 0.25) is 0 Å². The molecule has 2 unspecified atom stereocenters. The number of aliphatic carboxylic acids is 2. The molecule has 12 nitrogen and oxygen atoms in total. The van der Waals surface area contributed by atoms with Gasteiger partial charge in [-0.15, -0.1) is 0 Å². The normalized spacial score (nSPS) is 13.6. The zero-order valence-electron chi connectivity index (χ0n) is 33.1. The molecule has 4 N–H and O–H groups in total. The number of aliphatic hydroxyl groups excluding tert-OH is 2. The van der Waals surface area contributed by atoms with Crippen molar-refractivity contribution in [2.75, 3.05) is 26.2 Å². The van der Waals surface area contributed by atoms with Crippen LogP contribution in [-0.2, 0) is 65.5 Å². The molecule has 1 aliphatic carbocycles. The molecule has 0 fully saturated rings. The Morgan fingerprint density at radius 3 is 1.89 bits per heavy atom. The first kappa shape index (κ1) is 48.0. The minimum atomic E-state index is -4.78. The molecule has 0 aliphatic heterocycles. The van der Waals surface area contributed by atoms with Crippen molar-refractivity contribution in [2.45, 2.75) is 83.6 Å². The topological polar surface area (TPSA) is 174 Å². The third kappa shape index (κ3) is 12.9. The highest BCUT2D eigenvalue weighted by atomic mass is 19.4. The maximum atomic E-state index is 14.1. The number of aliphatic hydroxyl groups is 2. The Kier molecular flexibility index (Phi) is 16.3. The van der Waals surface area contributed by atoms with Crippen LogP contribution in [0.25, 0.3) is 11.1 Å². The summed E-state index contributed by atoms with van der Waals surface area (Å²) in [6.07, 6.45) is -12.3. The molecule has 1 aliphatic rings. The summed E-state index contributed by atoms with van der Waals surface area (Å²) in [4.78, 5) is 54.7. The summed E-state index contributed by atoms with van der Waals surface area (Å²) < 4.78 is 95.7. The van der Waals surface area contributed by atoms with E-state index in [1.807, 2.05) is 26.0 Å². The van der Waals surface area contributed by atoms with Crippen LogP contribution in [0, 0.1) is 5.82 Å². The van der Waals surface area contributed by atoms with Gasteiger partial charge in [-0.3, -0.25) is 9.59 Å². The van der Waals surface area contributed by atoms with Crippen molar-refractivity contribution in [3.05, 3.63) is 122 Å². The molecule has 0 spiro atoms. The zero-order chi connectivity index (χ0) is 45.2. The van der Waals surface area contributed by atoms with E-state index in [1.165, 1.54) is 12.1 Å². The fraction of sp³-hybridized carbons (Fsp3) is 0.405. The molecule has 5 rings (SSSR count). The van der Waals surface area contributed by atoms with Crippen LogP contribution >= 0.6 is 0 Å². The molecular formula is C42H45F7N4O8. The standard InChI is InChI=1S/C38H39F7N4O2.C4H6O6/c1-3-47(4-2)20-21-48(23-25-8-10-26(11-9-25)27-12-16-29(17-13-27)37(40,41)42)35(50)24-49-33-7-5-6-31(33)36(51)46-34(49)19-15-28-14-18-30(39)22-32(28)38(43,44)45;5-1(3(7)8)2(6)4(9)10/h8-14,16-18,22H,3-7,15,19-21,23-24H2,1-2H3;1-2,5-6H,(H,7,8)(H,9,10). The van der Waals surface area contributed by atoms with Crippen LogP contribution in [-0.4, -0.2) is 96.0 Å². The molecule has 2 atom stereocenters. The summed E-state index contributed by atoms with van der Waals surface area (Å²) >= 11 is 0. The lowest BCUT2D eigenvalue weighted by atomic mass is 10.0. The first-order valence-corrected chi connectivity index (χ1v) is 19.2. The lowest BCUT2D eigenvalue weighted by molar-refractivity contribution is -0.165. The molecule has 4 aromatic rings. The summed E-state index contributed by atoms with van der Waals surface area (Å²) in [6.45, 7) is 6.57. The van der Waals surface area contributed by atoms with Crippen LogP contribution in [0.1, 0.15) is 59.6 Å². The molecule has 0 bridgehead atoms. The number of aromatic nitrogens is 2. The number of halogens is 7. The van der Waals surface area contributed by atoms with Crippen molar-refractivity contribution in [3.63, 3.8) is 0 Å². The van der Waals surface area contributed by atoms with Crippen LogP contribution in [0.4, 0.5) is 30.7 Å². The van der Waals surface area contributed by atoms with Gasteiger partial charge in [0.15, 0.2) is 12.2 Å².